The van der Waals surface area contributed by atoms with Crippen molar-refractivity contribution in [2.75, 3.05) is 17.3 Å². The highest BCUT2D eigenvalue weighted by molar-refractivity contribution is 7.92. The van der Waals surface area contributed by atoms with Gasteiger partial charge in [0.2, 0.25) is 10.0 Å². The molecule has 0 aromatic carbocycles. The van der Waals surface area contributed by atoms with Gasteiger partial charge in [-0.25, -0.2) is 21.6 Å². The Bertz CT molecular complexity index is 488. The Kier molecular flexibility index (Phi) is 3.09. The molecule has 1 unspecified atom stereocenters. The SMILES string of the molecule is CC1(NS(=O)(=O)CC#N)CCS(=O)(=O)C1. The van der Waals surface area contributed by atoms with E-state index >= 15 is 0 Å². The third-order valence-electron chi connectivity index (χ3n) is 2.16. The molecule has 0 bridgehead atoms. The molecule has 1 atom stereocenters. The van der Waals surface area contributed by atoms with Crippen molar-refractivity contribution in [3.63, 3.8) is 0 Å². The maximum atomic E-state index is 11.3. The molecular formula is C7H12N2O4S2. The van der Waals surface area contributed by atoms with Crippen LogP contribution in [0.15, 0.2) is 0 Å². The Hall–Kier alpha value is -0.650. The summed E-state index contributed by atoms with van der Waals surface area (Å²) in [7, 11) is -6.85. The molecule has 1 aliphatic heterocycles. The highest BCUT2D eigenvalue weighted by Crippen LogP contribution is 2.23. The Balaban J connectivity index is 2.81. The van der Waals surface area contributed by atoms with Crippen LogP contribution in [-0.2, 0) is 19.9 Å². The number of sulfone groups is 1. The molecule has 1 aliphatic rings. The van der Waals surface area contributed by atoms with E-state index in [1.165, 1.54) is 13.0 Å². The Morgan fingerprint density at radius 2 is 2.13 bits per heavy atom. The highest BCUT2D eigenvalue weighted by atomic mass is 32.2. The quantitative estimate of drug-likeness (QED) is 0.694. The predicted octanol–water partition coefficient (Wildman–Crippen LogP) is -0.993. The van der Waals surface area contributed by atoms with Crippen molar-refractivity contribution in [2.45, 2.75) is 18.9 Å². The van der Waals surface area contributed by atoms with Gasteiger partial charge in [-0.2, -0.15) is 5.26 Å². The molecule has 0 radical (unpaired) electrons. The molecule has 15 heavy (non-hydrogen) atoms. The summed E-state index contributed by atoms with van der Waals surface area (Å²) in [6, 6.07) is 1.52. The lowest BCUT2D eigenvalue weighted by molar-refractivity contribution is 0.463. The van der Waals surface area contributed by atoms with E-state index in [-0.39, 0.29) is 17.9 Å². The summed E-state index contributed by atoms with van der Waals surface area (Å²) in [4.78, 5) is 0. The molecule has 8 heteroatoms. The molecule has 1 saturated heterocycles. The first kappa shape index (κ1) is 12.4. The van der Waals surface area contributed by atoms with Crippen LogP contribution < -0.4 is 4.72 Å². The summed E-state index contributed by atoms with van der Waals surface area (Å²) in [5, 5.41) is 8.28. The summed E-state index contributed by atoms with van der Waals surface area (Å²) < 4.78 is 47.2. The standard InChI is InChI=1S/C7H12N2O4S2/c1-7(2-4-14(10,11)6-7)9-15(12,13)5-3-8/h9H,2,4-6H2,1H3. The smallest absolute Gasteiger partial charge is 0.225 e. The first-order valence-corrected chi connectivity index (χ1v) is 7.74. The van der Waals surface area contributed by atoms with Crippen molar-refractivity contribution in [3.05, 3.63) is 0 Å². The number of nitrogens with one attached hydrogen (secondary N) is 1. The van der Waals surface area contributed by atoms with E-state index in [4.69, 9.17) is 5.26 Å². The summed E-state index contributed by atoms with van der Waals surface area (Å²) >= 11 is 0. The molecule has 0 aliphatic carbocycles. The first-order valence-electron chi connectivity index (χ1n) is 4.27. The van der Waals surface area contributed by atoms with E-state index in [9.17, 15) is 16.8 Å². The monoisotopic (exact) mass is 252 g/mol. The van der Waals surface area contributed by atoms with Crippen LogP contribution in [0.3, 0.4) is 0 Å². The summed E-state index contributed by atoms with van der Waals surface area (Å²) in [5.74, 6) is -0.869. The Labute approximate surface area is 89.3 Å². The van der Waals surface area contributed by atoms with Crippen molar-refractivity contribution in [1.29, 1.82) is 5.26 Å². The van der Waals surface area contributed by atoms with Crippen molar-refractivity contribution >= 4 is 19.9 Å². The molecular weight excluding hydrogens is 240 g/mol. The number of nitriles is 1. The van der Waals surface area contributed by atoms with Gasteiger partial charge in [-0.15, -0.1) is 0 Å². The van der Waals surface area contributed by atoms with Crippen LogP contribution in [-0.4, -0.2) is 39.6 Å². The molecule has 0 amide bonds. The second-order valence-electron chi connectivity index (χ2n) is 3.92. The van der Waals surface area contributed by atoms with Crippen LogP contribution in [0.5, 0.6) is 0 Å². The zero-order valence-electron chi connectivity index (χ0n) is 8.23. The zero-order valence-corrected chi connectivity index (χ0v) is 9.86. The number of rotatable bonds is 3. The van der Waals surface area contributed by atoms with Gasteiger partial charge in [0.15, 0.2) is 15.6 Å². The Morgan fingerprint density at radius 3 is 2.53 bits per heavy atom. The van der Waals surface area contributed by atoms with Crippen LogP contribution >= 0.6 is 0 Å². The molecule has 0 aromatic rings. The van der Waals surface area contributed by atoms with Gasteiger partial charge in [0.25, 0.3) is 0 Å². The number of sulfonamides is 1. The fourth-order valence-electron chi connectivity index (χ4n) is 1.59. The van der Waals surface area contributed by atoms with Gasteiger partial charge < -0.3 is 0 Å². The van der Waals surface area contributed by atoms with Gasteiger partial charge in [0.1, 0.15) is 0 Å². The lowest BCUT2D eigenvalue weighted by atomic mass is 10.0. The van der Waals surface area contributed by atoms with E-state index in [2.05, 4.69) is 4.72 Å². The average Bonchev–Trinajstić information content (AvgIpc) is 2.23. The minimum absolute atomic E-state index is 0.0153. The molecule has 0 aromatic heterocycles. The van der Waals surface area contributed by atoms with Crippen LogP contribution in [0.2, 0.25) is 0 Å². The summed E-state index contributed by atoms with van der Waals surface area (Å²) in [6.07, 6.45) is 0.250. The van der Waals surface area contributed by atoms with Gasteiger partial charge in [-0.1, -0.05) is 0 Å². The molecule has 86 valence electrons. The maximum absolute atomic E-state index is 11.3. The number of hydrogen-bond acceptors (Lipinski definition) is 5. The average molecular weight is 252 g/mol. The highest BCUT2D eigenvalue weighted by Gasteiger charge is 2.40. The van der Waals surface area contributed by atoms with Crippen molar-refractivity contribution in [2.24, 2.45) is 0 Å². The lowest BCUT2D eigenvalue weighted by Crippen LogP contribution is -2.47. The third kappa shape index (κ3) is 3.44. The molecule has 0 spiro atoms. The van der Waals surface area contributed by atoms with E-state index in [0.717, 1.165) is 0 Å². The largest absolute Gasteiger partial charge is 0.229 e. The van der Waals surface area contributed by atoms with Gasteiger partial charge in [0, 0.05) is 5.54 Å². The van der Waals surface area contributed by atoms with Gasteiger partial charge in [0.05, 0.1) is 17.6 Å². The van der Waals surface area contributed by atoms with Crippen LogP contribution in [0.4, 0.5) is 0 Å². The van der Waals surface area contributed by atoms with Crippen molar-refractivity contribution < 1.29 is 16.8 Å². The van der Waals surface area contributed by atoms with Crippen LogP contribution in [0, 0.1) is 11.3 Å². The van der Waals surface area contributed by atoms with E-state index in [1.807, 2.05) is 0 Å². The van der Waals surface area contributed by atoms with Gasteiger partial charge >= 0.3 is 0 Å². The van der Waals surface area contributed by atoms with E-state index < -0.39 is 31.2 Å². The lowest BCUT2D eigenvalue weighted by Gasteiger charge is -2.22. The van der Waals surface area contributed by atoms with Crippen LogP contribution in [0.25, 0.3) is 0 Å². The third-order valence-corrected chi connectivity index (χ3v) is 5.38. The van der Waals surface area contributed by atoms with E-state index in [1.54, 1.807) is 0 Å². The maximum Gasteiger partial charge on any atom is 0.225 e. The molecule has 1 N–H and O–H groups in total. The molecule has 0 saturated carbocycles. The van der Waals surface area contributed by atoms with Gasteiger partial charge in [-0.3, -0.25) is 0 Å². The molecule has 1 heterocycles. The second kappa shape index (κ2) is 3.73. The zero-order chi connectivity index (χ0) is 11.7. The molecule has 6 nitrogen and oxygen atoms in total. The first-order chi connectivity index (χ1) is 6.68. The van der Waals surface area contributed by atoms with Crippen molar-refractivity contribution in [1.82, 2.24) is 4.72 Å². The minimum atomic E-state index is -3.70. The fourth-order valence-corrected chi connectivity index (χ4v) is 4.94. The summed E-state index contributed by atoms with van der Waals surface area (Å²) in [6.45, 7) is 1.53. The summed E-state index contributed by atoms with van der Waals surface area (Å²) in [5.41, 5.74) is -0.964. The normalized spacial score (nSPS) is 29.9. The van der Waals surface area contributed by atoms with E-state index in [0.29, 0.717) is 0 Å². The number of nitrogens with zero attached hydrogens (tertiary/aromatic N) is 1. The van der Waals surface area contributed by atoms with Crippen molar-refractivity contribution in [3.8, 4) is 6.07 Å². The predicted molar refractivity (Wildman–Crippen MR) is 54.2 cm³/mol. The van der Waals surface area contributed by atoms with Gasteiger partial charge in [-0.05, 0) is 13.3 Å². The second-order valence-corrected chi connectivity index (χ2v) is 7.83. The topological polar surface area (TPSA) is 104 Å². The number of hydrogen-bond donors (Lipinski definition) is 1. The Morgan fingerprint density at radius 1 is 1.53 bits per heavy atom. The fraction of sp³-hybridized carbons (Fsp3) is 0.857. The molecule has 1 rings (SSSR count). The molecule has 1 fully saturated rings. The van der Waals surface area contributed by atoms with Crippen LogP contribution in [0.1, 0.15) is 13.3 Å². The minimum Gasteiger partial charge on any atom is -0.229 e.